The lowest BCUT2D eigenvalue weighted by atomic mass is 10.1. The molecule has 0 aliphatic carbocycles. The van der Waals surface area contributed by atoms with Gasteiger partial charge in [0, 0.05) is 25.2 Å². The highest BCUT2D eigenvalue weighted by Gasteiger charge is 2.17. The molecule has 2 amide bonds. The molecule has 0 saturated heterocycles. The third-order valence-corrected chi connectivity index (χ3v) is 7.67. The second-order valence-corrected chi connectivity index (χ2v) is 10.8. The van der Waals surface area contributed by atoms with Crippen LogP contribution < -0.4 is 21.9 Å². The van der Waals surface area contributed by atoms with Crippen LogP contribution in [0.3, 0.4) is 0 Å². The van der Waals surface area contributed by atoms with Crippen LogP contribution in [-0.2, 0) is 29.2 Å². The van der Waals surface area contributed by atoms with Crippen molar-refractivity contribution in [2.75, 3.05) is 5.32 Å². The maximum atomic E-state index is 13.3. The Morgan fingerprint density at radius 2 is 1.56 bits per heavy atom. The Kier molecular flexibility index (Phi) is 9.14. The van der Waals surface area contributed by atoms with Gasteiger partial charge in [0.15, 0.2) is 0 Å². The van der Waals surface area contributed by atoms with E-state index in [4.69, 9.17) is 0 Å². The largest absolute Gasteiger partial charge is 0.352 e. The summed E-state index contributed by atoms with van der Waals surface area (Å²) in [4.78, 5) is 51.5. The molecule has 0 unspecified atom stereocenters. The van der Waals surface area contributed by atoms with Gasteiger partial charge in [-0.1, -0.05) is 54.4 Å². The Hall–Kier alpha value is -3.98. The number of aromatic nitrogens is 2. The maximum absolute atomic E-state index is 13.3. The minimum atomic E-state index is -0.501. The van der Waals surface area contributed by atoms with E-state index in [1.54, 1.807) is 11.4 Å². The molecule has 0 fully saturated rings. The zero-order valence-corrected chi connectivity index (χ0v) is 23.4. The fourth-order valence-corrected chi connectivity index (χ4v) is 5.39. The monoisotopic (exact) mass is 546 g/mol. The van der Waals surface area contributed by atoms with Crippen LogP contribution in [0.2, 0.25) is 0 Å². The van der Waals surface area contributed by atoms with Crippen molar-refractivity contribution in [1.29, 1.82) is 0 Å². The SMILES string of the molecule is Cc1ccc(CNC(=O)CCCCCn2c(=O)c3sccc3n(CC(=O)Nc3c(C)cccc3C)c2=O)cc1. The van der Waals surface area contributed by atoms with Gasteiger partial charge in [0.2, 0.25) is 11.8 Å². The van der Waals surface area contributed by atoms with Crippen molar-refractivity contribution in [3.8, 4) is 0 Å². The number of aryl methyl sites for hydroxylation is 3. The summed E-state index contributed by atoms with van der Waals surface area (Å²) < 4.78 is 3.03. The number of carbonyl (C=O) groups excluding carboxylic acids is 2. The van der Waals surface area contributed by atoms with Gasteiger partial charge in [0.1, 0.15) is 11.2 Å². The number of carbonyl (C=O) groups is 2. The molecule has 0 aliphatic heterocycles. The molecular weight excluding hydrogens is 512 g/mol. The number of nitrogens with zero attached hydrogens (tertiary/aromatic N) is 2. The second-order valence-electron chi connectivity index (χ2n) is 9.85. The van der Waals surface area contributed by atoms with Gasteiger partial charge in [-0.15, -0.1) is 11.3 Å². The van der Waals surface area contributed by atoms with E-state index in [1.807, 2.05) is 63.2 Å². The number of thiophene rings is 1. The second kappa shape index (κ2) is 12.7. The molecular formula is C30H34N4O4S. The summed E-state index contributed by atoms with van der Waals surface area (Å²) in [5, 5.41) is 7.60. The molecule has 2 heterocycles. The Morgan fingerprint density at radius 3 is 2.28 bits per heavy atom. The summed E-state index contributed by atoms with van der Waals surface area (Å²) in [6, 6.07) is 15.5. The van der Waals surface area contributed by atoms with Gasteiger partial charge in [-0.25, -0.2) is 4.79 Å². The van der Waals surface area contributed by atoms with Gasteiger partial charge in [-0.3, -0.25) is 23.5 Å². The molecule has 0 radical (unpaired) electrons. The Labute approximate surface area is 231 Å². The number of rotatable bonds is 11. The lowest BCUT2D eigenvalue weighted by molar-refractivity contribution is -0.121. The molecule has 2 aromatic heterocycles. The number of hydrogen-bond acceptors (Lipinski definition) is 5. The quantitative estimate of drug-likeness (QED) is 0.267. The van der Waals surface area contributed by atoms with E-state index in [2.05, 4.69) is 10.6 Å². The van der Waals surface area contributed by atoms with Gasteiger partial charge in [-0.2, -0.15) is 0 Å². The smallest absolute Gasteiger partial charge is 0.332 e. The van der Waals surface area contributed by atoms with Crippen molar-refractivity contribution in [2.45, 2.75) is 66.1 Å². The van der Waals surface area contributed by atoms with Crippen molar-refractivity contribution >= 4 is 39.1 Å². The zero-order valence-electron chi connectivity index (χ0n) is 22.6. The summed E-state index contributed by atoms with van der Waals surface area (Å²) in [5.41, 5.74) is 4.45. The fraction of sp³-hybridized carbons (Fsp3) is 0.333. The molecule has 0 saturated carbocycles. The highest BCUT2D eigenvalue weighted by atomic mass is 32.1. The van der Waals surface area contributed by atoms with E-state index >= 15 is 0 Å². The first-order valence-corrected chi connectivity index (χ1v) is 14.0. The Balaban J connectivity index is 1.36. The summed E-state index contributed by atoms with van der Waals surface area (Å²) in [5.74, 6) is -0.353. The van der Waals surface area contributed by atoms with Crippen molar-refractivity contribution in [1.82, 2.24) is 14.5 Å². The molecule has 0 bridgehead atoms. The highest BCUT2D eigenvalue weighted by Crippen LogP contribution is 2.20. The lowest BCUT2D eigenvalue weighted by Gasteiger charge is -2.14. The molecule has 0 aliphatic rings. The molecule has 4 aromatic rings. The summed E-state index contributed by atoms with van der Waals surface area (Å²) >= 11 is 1.26. The van der Waals surface area contributed by atoms with Crippen molar-refractivity contribution < 1.29 is 9.59 Å². The number of amides is 2. The van der Waals surface area contributed by atoms with E-state index in [9.17, 15) is 19.2 Å². The van der Waals surface area contributed by atoms with Crippen molar-refractivity contribution in [3.63, 3.8) is 0 Å². The summed E-state index contributed by atoms with van der Waals surface area (Å²) in [6.45, 7) is 6.39. The molecule has 2 N–H and O–H groups in total. The lowest BCUT2D eigenvalue weighted by Crippen LogP contribution is -2.41. The minimum absolute atomic E-state index is 0.0231. The molecule has 9 heteroatoms. The van der Waals surface area contributed by atoms with E-state index in [-0.39, 0.29) is 30.5 Å². The molecule has 0 spiro atoms. The molecule has 39 heavy (non-hydrogen) atoms. The van der Waals surface area contributed by atoms with Crippen molar-refractivity contribution in [2.24, 2.45) is 0 Å². The van der Waals surface area contributed by atoms with E-state index in [0.29, 0.717) is 42.4 Å². The van der Waals surface area contributed by atoms with Gasteiger partial charge < -0.3 is 10.6 Å². The first-order chi connectivity index (χ1) is 18.7. The van der Waals surface area contributed by atoms with E-state index in [0.717, 1.165) is 22.4 Å². The van der Waals surface area contributed by atoms with Gasteiger partial charge in [0.05, 0.1) is 5.52 Å². The number of hydrogen-bond donors (Lipinski definition) is 2. The molecule has 8 nitrogen and oxygen atoms in total. The first kappa shape index (κ1) is 28.0. The molecule has 2 aromatic carbocycles. The molecule has 0 atom stereocenters. The Bertz CT molecular complexity index is 1580. The van der Waals surface area contributed by atoms with Crippen LogP contribution in [0.25, 0.3) is 10.2 Å². The number of fused-ring (bicyclic) bond motifs is 1. The van der Waals surface area contributed by atoms with Crippen LogP contribution in [-0.4, -0.2) is 20.9 Å². The number of para-hydroxylation sites is 1. The van der Waals surface area contributed by atoms with Crippen LogP contribution in [0.15, 0.2) is 63.5 Å². The third kappa shape index (κ3) is 6.92. The third-order valence-electron chi connectivity index (χ3n) is 6.78. The van der Waals surface area contributed by atoms with Crippen LogP contribution in [0.5, 0.6) is 0 Å². The van der Waals surface area contributed by atoms with Crippen LogP contribution in [0, 0.1) is 20.8 Å². The molecule has 204 valence electrons. The number of benzene rings is 2. The fourth-order valence-electron chi connectivity index (χ4n) is 4.54. The van der Waals surface area contributed by atoms with Gasteiger partial charge in [-0.05, 0) is 61.7 Å². The minimum Gasteiger partial charge on any atom is -0.352 e. The predicted octanol–water partition coefficient (Wildman–Crippen LogP) is 4.67. The van der Waals surface area contributed by atoms with Gasteiger partial charge in [0.25, 0.3) is 5.56 Å². The number of unbranched alkanes of at least 4 members (excludes halogenated alkanes) is 2. The summed E-state index contributed by atoms with van der Waals surface area (Å²) in [7, 11) is 0. The van der Waals surface area contributed by atoms with Crippen molar-refractivity contribution in [3.05, 3.63) is 97.0 Å². The standard InChI is InChI=1S/C30H34N4O4S/c1-20-11-13-23(14-12-20)18-31-25(35)10-5-4-6-16-33-29(37)28-24(15-17-39-28)34(30(33)38)19-26(36)32-27-21(2)8-7-9-22(27)3/h7-9,11-15,17H,4-6,10,16,18-19H2,1-3H3,(H,31,35)(H,32,36). The molecule has 4 rings (SSSR count). The number of anilines is 1. The highest BCUT2D eigenvalue weighted by molar-refractivity contribution is 7.17. The maximum Gasteiger partial charge on any atom is 0.332 e. The average molecular weight is 547 g/mol. The van der Waals surface area contributed by atoms with Gasteiger partial charge >= 0.3 is 5.69 Å². The normalized spacial score (nSPS) is 11.1. The first-order valence-electron chi connectivity index (χ1n) is 13.1. The van der Waals surface area contributed by atoms with Crippen LogP contribution in [0.1, 0.15) is 47.9 Å². The topological polar surface area (TPSA) is 102 Å². The summed E-state index contributed by atoms with van der Waals surface area (Å²) in [6.07, 6.45) is 2.31. The van der Waals surface area contributed by atoms with Crippen LogP contribution in [0.4, 0.5) is 5.69 Å². The average Bonchev–Trinajstić information content (AvgIpc) is 3.40. The predicted molar refractivity (Wildman–Crippen MR) is 156 cm³/mol. The zero-order chi connectivity index (χ0) is 27.9. The van der Waals surface area contributed by atoms with E-state index < -0.39 is 5.69 Å². The number of nitrogens with one attached hydrogen (secondary N) is 2. The van der Waals surface area contributed by atoms with E-state index in [1.165, 1.54) is 26.0 Å². The Morgan fingerprint density at radius 1 is 0.846 bits per heavy atom. The van der Waals surface area contributed by atoms with Crippen LogP contribution >= 0.6 is 11.3 Å².